The van der Waals surface area contributed by atoms with E-state index >= 15 is 0 Å². The fourth-order valence-electron chi connectivity index (χ4n) is 3.98. The van der Waals surface area contributed by atoms with Gasteiger partial charge in [0.1, 0.15) is 5.82 Å². The number of carbonyl (C=O) groups is 2. The number of carbonyl (C=O) groups excluding carboxylic acids is 2. The second-order valence-corrected chi connectivity index (χ2v) is 7.21. The standard InChI is InChI=1S/C22H22FNO3/c23-21-19(14-25)2-1-3-20(21)17-4-5-18-13-24(9-6-16(18)12-17)22(26)15-7-10-27-11-8-15/h1-5,12,14-15H,6-11,13H2. The minimum atomic E-state index is -0.486. The van der Waals surface area contributed by atoms with Crippen molar-refractivity contribution in [2.75, 3.05) is 19.8 Å². The minimum absolute atomic E-state index is 0.0680. The number of ether oxygens (including phenoxy) is 1. The molecule has 0 radical (unpaired) electrons. The third-order valence-electron chi connectivity index (χ3n) is 5.57. The van der Waals surface area contributed by atoms with Crippen molar-refractivity contribution in [3.05, 3.63) is 58.9 Å². The Morgan fingerprint density at radius 3 is 2.74 bits per heavy atom. The molecule has 0 N–H and O–H groups in total. The zero-order valence-corrected chi connectivity index (χ0v) is 15.1. The molecule has 5 heteroatoms. The Balaban J connectivity index is 1.55. The third kappa shape index (κ3) is 3.52. The van der Waals surface area contributed by atoms with Gasteiger partial charge in [0, 0.05) is 37.8 Å². The van der Waals surface area contributed by atoms with E-state index in [9.17, 15) is 14.0 Å². The normalized spacial score (nSPS) is 17.4. The molecule has 1 fully saturated rings. The first-order valence-corrected chi connectivity index (χ1v) is 9.40. The first-order chi connectivity index (χ1) is 13.2. The Morgan fingerprint density at radius 2 is 1.96 bits per heavy atom. The van der Waals surface area contributed by atoms with Crippen LogP contribution in [0.5, 0.6) is 0 Å². The van der Waals surface area contributed by atoms with Gasteiger partial charge in [0.2, 0.25) is 5.91 Å². The predicted molar refractivity (Wildman–Crippen MR) is 99.9 cm³/mol. The summed E-state index contributed by atoms with van der Waals surface area (Å²) in [5.74, 6) is -0.197. The van der Waals surface area contributed by atoms with Crippen LogP contribution < -0.4 is 0 Å². The van der Waals surface area contributed by atoms with Crippen LogP contribution in [0.3, 0.4) is 0 Å². The summed E-state index contributed by atoms with van der Waals surface area (Å²) >= 11 is 0. The quantitative estimate of drug-likeness (QED) is 0.779. The van der Waals surface area contributed by atoms with Crippen molar-refractivity contribution in [3.63, 3.8) is 0 Å². The molecule has 0 saturated carbocycles. The molecule has 2 aliphatic heterocycles. The van der Waals surface area contributed by atoms with E-state index in [1.807, 2.05) is 23.1 Å². The Labute approximate surface area is 157 Å². The lowest BCUT2D eigenvalue weighted by Crippen LogP contribution is -2.41. The Morgan fingerprint density at radius 1 is 1.15 bits per heavy atom. The molecule has 0 bridgehead atoms. The summed E-state index contributed by atoms with van der Waals surface area (Å²) in [5.41, 5.74) is 3.51. The Bertz CT molecular complexity index is 874. The highest BCUT2D eigenvalue weighted by Crippen LogP contribution is 2.30. The Hall–Kier alpha value is -2.53. The lowest BCUT2D eigenvalue weighted by Gasteiger charge is -2.33. The fraction of sp³-hybridized carbons (Fsp3) is 0.364. The first kappa shape index (κ1) is 17.9. The van der Waals surface area contributed by atoms with Gasteiger partial charge in [0.05, 0.1) is 5.56 Å². The lowest BCUT2D eigenvalue weighted by atomic mass is 9.92. The number of amides is 1. The van der Waals surface area contributed by atoms with E-state index in [2.05, 4.69) is 0 Å². The van der Waals surface area contributed by atoms with Crippen molar-refractivity contribution < 1.29 is 18.7 Å². The molecule has 0 aliphatic carbocycles. The number of benzene rings is 2. The summed E-state index contributed by atoms with van der Waals surface area (Å²) in [6.07, 6.45) is 2.89. The number of nitrogens with zero attached hydrogens (tertiary/aromatic N) is 1. The summed E-state index contributed by atoms with van der Waals surface area (Å²) in [4.78, 5) is 25.7. The first-order valence-electron chi connectivity index (χ1n) is 9.40. The van der Waals surface area contributed by atoms with Crippen LogP contribution in [0.4, 0.5) is 4.39 Å². The van der Waals surface area contributed by atoms with Gasteiger partial charge < -0.3 is 9.64 Å². The SMILES string of the molecule is O=Cc1cccc(-c2ccc3c(c2)CCN(C(=O)C2CCOCC2)C3)c1F. The van der Waals surface area contributed by atoms with Crippen LogP contribution >= 0.6 is 0 Å². The predicted octanol–water partition coefficient (Wildman–Crippen LogP) is 3.62. The molecular formula is C22H22FNO3. The largest absolute Gasteiger partial charge is 0.381 e. The molecular weight excluding hydrogens is 345 g/mol. The van der Waals surface area contributed by atoms with Gasteiger partial charge in [-0.15, -0.1) is 0 Å². The zero-order valence-electron chi connectivity index (χ0n) is 15.1. The molecule has 2 aromatic carbocycles. The second kappa shape index (κ2) is 7.61. The van der Waals surface area contributed by atoms with Gasteiger partial charge in [-0.05, 0) is 42.0 Å². The maximum atomic E-state index is 14.5. The Kier molecular flexibility index (Phi) is 5.03. The summed E-state index contributed by atoms with van der Waals surface area (Å²) in [6, 6.07) is 10.7. The lowest BCUT2D eigenvalue weighted by molar-refractivity contribution is -0.139. The van der Waals surface area contributed by atoms with Gasteiger partial charge in [0.15, 0.2) is 6.29 Å². The monoisotopic (exact) mass is 367 g/mol. The van der Waals surface area contributed by atoms with E-state index in [-0.39, 0.29) is 17.4 Å². The summed E-state index contributed by atoms with van der Waals surface area (Å²) in [5, 5.41) is 0. The highest BCUT2D eigenvalue weighted by atomic mass is 19.1. The average Bonchev–Trinajstić information content (AvgIpc) is 2.73. The molecule has 0 atom stereocenters. The number of halogens is 1. The van der Waals surface area contributed by atoms with Crippen molar-refractivity contribution >= 4 is 12.2 Å². The van der Waals surface area contributed by atoms with Crippen molar-refractivity contribution in [1.29, 1.82) is 0 Å². The van der Waals surface area contributed by atoms with Crippen molar-refractivity contribution in [2.45, 2.75) is 25.8 Å². The van der Waals surface area contributed by atoms with Crippen LogP contribution in [0.2, 0.25) is 0 Å². The second-order valence-electron chi connectivity index (χ2n) is 7.21. The van der Waals surface area contributed by atoms with Crippen molar-refractivity contribution in [1.82, 2.24) is 4.90 Å². The highest BCUT2D eigenvalue weighted by molar-refractivity contribution is 5.81. The van der Waals surface area contributed by atoms with Crippen LogP contribution in [0.1, 0.15) is 34.3 Å². The molecule has 2 aliphatic rings. The summed E-state index contributed by atoms with van der Waals surface area (Å²) in [7, 11) is 0. The third-order valence-corrected chi connectivity index (χ3v) is 5.57. The van der Waals surface area contributed by atoms with Gasteiger partial charge >= 0.3 is 0 Å². The number of hydrogen-bond acceptors (Lipinski definition) is 3. The molecule has 0 aromatic heterocycles. The van der Waals surface area contributed by atoms with Crippen molar-refractivity contribution in [3.8, 4) is 11.1 Å². The maximum absolute atomic E-state index is 14.5. The molecule has 2 aromatic rings. The van der Waals surface area contributed by atoms with Crippen molar-refractivity contribution in [2.24, 2.45) is 5.92 Å². The molecule has 0 unspecified atom stereocenters. The number of rotatable bonds is 3. The van der Waals surface area contributed by atoms with E-state index in [0.717, 1.165) is 36.0 Å². The summed E-state index contributed by atoms with van der Waals surface area (Å²) < 4.78 is 19.8. The molecule has 140 valence electrons. The van der Waals surface area contributed by atoms with E-state index in [1.54, 1.807) is 12.1 Å². The number of fused-ring (bicyclic) bond motifs is 1. The highest BCUT2D eigenvalue weighted by Gasteiger charge is 2.28. The van der Waals surface area contributed by atoms with Gasteiger partial charge in [-0.2, -0.15) is 0 Å². The molecule has 27 heavy (non-hydrogen) atoms. The van der Waals surface area contributed by atoms with E-state index < -0.39 is 5.82 Å². The maximum Gasteiger partial charge on any atom is 0.226 e. The van der Waals surface area contributed by atoms with Gasteiger partial charge in [0.25, 0.3) is 0 Å². The van der Waals surface area contributed by atoms with Gasteiger partial charge in [-0.1, -0.05) is 30.3 Å². The zero-order chi connectivity index (χ0) is 18.8. The minimum Gasteiger partial charge on any atom is -0.381 e. The van der Waals surface area contributed by atoms with E-state index in [4.69, 9.17) is 4.74 Å². The molecule has 4 nitrogen and oxygen atoms in total. The van der Waals surface area contributed by atoms with Crippen LogP contribution in [-0.2, 0) is 22.5 Å². The molecule has 1 saturated heterocycles. The van der Waals surface area contributed by atoms with E-state index in [1.165, 1.54) is 6.07 Å². The smallest absolute Gasteiger partial charge is 0.226 e. The molecule has 1 amide bonds. The fourth-order valence-corrected chi connectivity index (χ4v) is 3.98. The number of hydrogen-bond donors (Lipinski definition) is 0. The average molecular weight is 367 g/mol. The molecule has 4 rings (SSSR count). The molecule has 2 heterocycles. The van der Waals surface area contributed by atoms with Crippen LogP contribution in [0.25, 0.3) is 11.1 Å². The number of aldehydes is 1. The molecule has 0 spiro atoms. The van der Waals surface area contributed by atoms with Gasteiger partial charge in [-0.3, -0.25) is 9.59 Å². The van der Waals surface area contributed by atoms with E-state index in [0.29, 0.717) is 38.2 Å². The summed E-state index contributed by atoms with van der Waals surface area (Å²) in [6.45, 7) is 2.61. The van der Waals surface area contributed by atoms with Gasteiger partial charge in [-0.25, -0.2) is 4.39 Å². The topological polar surface area (TPSA) is 46.6 Å². The van der Waals surface area contributed by atoms with Crippen LogP contribution in [-0.4, -0.2) is 36.9 Å². The van der Waals surface area contributed by atoms with Crippen LogP contribution in [0, 0.1) is 11.7 Å². The van der Waals surface area contributed by atoms with Crippen LogP contribution in [0.15, 0.2) is 36.4 Å².